The van der Waals surface area contributed by atoms with Gasteiger partial charge in [-0.25, -0.2) is 0 Å². The first-order valence-electron chi connectivity index (χ1n) is 11.5. The van der Waals surface area contributed by atoms with Crippen LogP contribution < -0.4 is 0 Å². The van der Waals surface area contributed by atoms with Gasteiger partial charge >= 0.3 is 0 Å². The highest BCUT2D eigenvalue weighted by atomic mass is 16.7. The van der Waals surface area contributed by atoms with E-state index in [1.54, 1.807) is 0 Å². The normalized spacial score (nSPS) is 11.9. The summed E-state index contributed by atoms with van der Waals surface area (Å²) in [6.45, 7) is 14.6. The monoisotopic (exact) mass is 426 g/mol. The van der Waals surface area contributed by atoms with Gasteiger partial charge in [0.05, 0.1) is 13.2 Å². The van der Waals surface area contributed by atoms with Crippen LogP contribution in [0.2, 0.25) is 0 Å². The molecule has 0 bridgehead atoms. The Morgan fingerprint density at radius 1 is 0.710 bits per heavy atom. The molecule has 0 heterocycles. The number of carbonyl (C=O) groups is 1. The predicted octanol–water partition coefficient (Wildman–Crippen LogP) is 4.44. The third-order valence-corrected chi connectivity index (χ3v) is 5.70. The van der Waals surface area contributed by atoms with E-state index < -0.39 is 5.79 Å². The van der Waals surface area contributed by atoms with E-state index in [0.29, 0.717) is 18.8 Å². The highest BCUT2D eigenvalue weighted by Gasteiger charge is 2.43. The van der Waals surface area contributed by atoms with Gasteiger partial charge < -0.3 is 19.3 Å². The maximum atomic E-state index is 13.8. The van der Waals surface area contributed by atoms with Gasteiger partial charge in [-0.2, -0.15) is 0 Å². The van der Waals surface area contributed by atoms with E-state index in [-0.39, 0.29) is 5.78 Å². The third kappa shape index (κ3) is 6.97. The van der Waals surface area contributed by atoms with Gasteiger partial charge in [0.1, 0.15) is 0 Å². The molecule has 2 rings (SSSR count). The van der Waals surface area contributed by atoms with Crippen LogP contribution in [-0.2, 0) is 15.3 Å². The summed E-state index contributed by atoms with van der Waals surface area (Å²) in [6.07, 6.45) is 0. The van der Waals surface area contributed by atoms with Crippen LogP contribution in [0.15, 0.2) is 60.7 Å². The van der Waals surface area contributed by atoms with Crippen molar-refractivity contribution in [2.75, 3.05) is 52.5 Å². The van der Waals surface area contributed by atoms with Gasteiger partial charge in [-0.05, 0) is 26.2 Å². The molecule has 31 heavy (non-hydrogen) atoms. The standard InChI is InChI=1S/C26H38N2O3/c1-5-27(6-2)19-21-30-26(24-17-13-10-14-18-24,31-22-20-28(7-3)8-4)25(29)23-15-11-9-12-16-23/h9-18H,5-8,19-22H2,1-4H3. The maximum absolute atomic E-state index is 13.8. The summed E-state index contributed by atoms with van der Waals surface area (Å²) >= 11 is 0. The average molecular weight is 427 g/mol. The largest absolute Gasteiger partial charge is 0.338 e. The molecule has 5 nitrogen and oxygen atoms in total. The number of Topliss-reactive ketones (excluding diaryl/α,β-unsaturated/α-hetero) is 1. The zero-order valence-electron chi connectivity index (χ0n) is 19.5. The minimum absolute atomic E-state index is 0.168. The molecule has 2 aromatic carbocycles. The van der Waals surface area contributed by atoms with Gasteiger partial charge in [0.25, 0.3) is 5.79 Å². The van der Waals surface area contributed by atoms with Gasteiger partial charge in [-0.1, -0.05) is 88.4 Å². The summed E-state index contributed by atoms with van der Waals surface area (Å²) in [7, 11) is 0. The number of carbonyl (C=O) groups excluding carboxylic acids is 1. The van der Waals surface area contributed by atoms with Gasteiger partial charge in [-0.15, -0.1) is 0 Å². The van der Waals surface area contributed by atoms with Crippen LogP contribution >= 0.6 is 0 Å². The van der Waals surface area contributed by atoms with Gasteiger partial charge in [0, 0.05) is 24.2 Å². The number of likely N-dealkylation sites (N-methyl/N-ethyl adjacent to an activating group) is 2. The summed E-state index contributed by atoms with van der Waals surface area (Å²) in [5, 5.41) is 0. The van der Waals surface area contributed by atoms with Gasteiger partial charge in [-0.3, -0.25) is 4.79 Å². The second-order valence-electron chi connectivity index (χ2n) is 7.43. The van der Waals surface area contributed by atoms with E-state index in [2.05, 4.69) is 37.5 Å². The summed E-state index contributed by atoms with van der Waals surface area (Å²) in [6, 6.07) is 18.9. The predicted molar refractivity (Wildman–Crippen MR) is 126 cm³/mol. The molecule has 0 unspecified atom stereocenters. The van der Waals surface area contributed by atoms with Crippen LogP contribution in [-0.4, -0.2) is 68.1 Å². The molecule has 0 spiro atoms. The summed E-state index contributed by atoms with van der Waals surface area (Å²) in [5.41, 5.74) is 1.31. The Kier molecular flexibility index (Phi) is 10.9. The molecule has 0 saturated carbocycles. The van der Waals surface area contributed by atoms with Crippen molar-refractivity contribution in [2.45, 2.75) is 33.5 Å². The molecule has 2 aromatic rings. The molecule has 0 aliphatic carbocycles. The smallest absolute Gasteiger partial charge is 0.261 e. The lowest BCUT2D eigenvalue weighted by atomic mass is 9.95. The number of rotatable bonds is 15. The fourth-order valence-electron chi connectivity index (χ4n) is 3.62. The summed E-state index contributed by atoms with van der Waals surface area (Å²) < 4.78 is 12.8. The quantitative estimate of drug-likeness (QED) is 0.311. The van der Waals surface area contributed by atoms with Crippen molar-refractivity contribution < 1.29 is 14.3 Å². The Hall–Kier alpha value is -2.05. The fraction of sp³-hybridized carbons (Fsp3) is 0.500. The molecule has 170 valence electrons. The molecule has 0 radical (unpaired) electrons. The molecule has 5 heteroatoms. The Morgan fingerprint density at radius 3 is 1.55 bits per heavy atom. The molecular weight excluding hydrogens is 388 g/mol. The highest BCUT2D eigenvalue weighted by Crippen LogP contribution is 2.32. The zero-order valence-corrected chi connectivity index (χ0v) is 19.5. The number of nitrogens with zero attached hydrogens (tertiary/aromatic N) is 2. The van der Waals surface area contributed by atoms with Crippen LogP contribution in [0.1, 0.15) is 43.6 Å². The summed E-state index contributed by atoms with van der Waals surface area (Å²) in [4.78, 5) is 18.4. The van der Waals surface area contributed by atoms with E-state index in [0.717, 1.165) is 44.8 Å². The number of ether oxygens (including phenoxy) is 2. The van der Waals surface area contributed by atoms with Gasteiger partial charge in [0.2, 0.25) is 5.78 Å². The van der Waals surface area contributed by atoms with Crippen molar-refractivity contribution in [3.05, 3.63) is 71.8 Å². The third-order valence-electron chi connectivity index (χ3n) is 5.70. The number of benzene rings is 2. The van der Waals surface area contributed by atoms with Crippen LogP contribution in [0, 0.1) is 0 Å². The van der Waals surface area contributed by atoms with Crippen molar-refractivity contribution in [1.82, 2.24) is 9.80 Å². The van der Waals surface area contributed by atoms with Crippen molar-refractivity contribution >= 4 is 5.78 Å². The van der Waals surface area contributed by atoms with Crippen molar-refractivity contribution in [3.8, 4) is 0 Å². The van der Waals surface area contributed by atoms with E-state index in [4.69, 9.17) is 9.47 Å². The van der Waals surface area contributed by atoms with Gasteiger partial charge in [0.15, 0.2) is 0 Å². The molecular formula is C26H38N2O3. The minimum atomic E-state index is -1.47. The Labute approximate surface area is 188 Å². The number of hydrogen-bond acceptors (Lipinski definition) is 5. The second kappa shape index (κ2) is 13.4. The molecule has 0 N–H and O–H groups in total. The van der Waals surface area contributed by atoms with Crippen molar-refractivity contribution in [3.63, 3.8) is 0 Å². The van der Waals surface area contributed by atoms with Crippen LogP contribution in [0.25, 0.3) is 0 Å². The summed E-state index contributed by atoms with van der Waals surface area (Å²) in [5.74, 6) is -1.64. The number of hydrogen-bond donors (Lipinski definition) is 0. The van der Waals surface area contributed by atoms with E-state index in [1.165, 1.54) is 0 Å². The highest BCUT2D eigenvalue weighted by molar-refractivity contribution is 6.02. The van der Waals surface area contributed by atoms with E-state index in [9.17, 15) is 4.79 Å². The molecule has 0 saturated heterocycles. The second-order valence-corrected chi connectivity index (χ2v) is 7.43. The molecule has 0 fully saturated rings. The lowest BCUT2D eigenvalue weighted by Crippen LogP contribution is -2.45. The Bertz CT molecular complexity index is 726. The minimum Gasteiger partial charge on any atom is -0.338 e. The van der Waals surface area contributed by atoms with Crippen molar-refractivity contribution in [1.29, 1.82) is 0 Å². The Balaban J connectivity index is 2.37. The Morgan fingerprint density at radius 2 is 1.13 bits per heavy atom. The number of ketones is 1. The first-order valence-corrected chi connectivity index (χ1v) is 11.5. The van der Waals surface area contributed by atoms with Crippen LogP contribution in [0.4, 0.5) is 0 Å². The zero-order chi connectivity index (χ0) is 22.5. The molecule has 0 atom stereocenters. The van der Waals surface area contributed by atoms with Crippen LogP contribution in [0.5, 0.6) is 0 Å². The van der Waals surface area contributed by atoms with E-state index in [1.807, 2.05) is 60.7 Å². The van der Waals surface area contributed by atoms with E-state index >= 15 is 0 Å². The topological polar surface area (TPSA) is 42.0 Å². The fourth-order valence-corrected chi connectivity index (χ4v) is 3.62. The lowest BCUT2D eigenvalue weighted by molar-refractivity contribution is -0.212. The molecule has 0 aromatic heterocycles. The first kappa shape index (κ1) is 25.2. The maximum Gasteiger partial charge on any atom is 0.261 e. The van der Waals surface area contributed by atoms with Crippen molar-refractivity contribution in [2.24, 2.45) is 0 Å². The van der Waals surface area contributed by atoms with Crippen LogP contribution in [0.3, 0.4) is 0 Å². The SMILES string of the molecule is CCN(CC)CCOC(OCCN(CC)CC)(C(=O)c1ccccc1)c1ccccc1. The molecule has 0 amide bonds. The molecule has 0 aliphatic heterocycles. The average Bonchev–Trinajstić information content (AvgIpc) is 2.84. The lowest BCUT2D eigenvalue weighted by Gasteiger charge is -2.34. The molecule has 0 aliphatic rings. The first-order chi connectivity index (χ1) is 15.1.